The lowest BCUT2D eigenvalue weighted by Crippen LogP contribution is -2.14. The van der Waals surface area contributed by atoms with Gasteiger partial charge in [0, 0.05) is 22.4 Å². The van der Waals surface area contributed by atoms with Gasteiger partial charge in [0.15, 0.2) is 0 Å². The second kappa shape index (κ2) is 6.68. The molecule has 4 heteroatoms. The molecule has 0 radical (unpaired) electrons. The molecule has 0 aliphatic heterocycles. The quantitative estimate of drug-likeness (QED) is 0.914. The summed E-state index contributed by atoms with van der Waals surface area (Å²) in [6.07, 6.45) is 4.50. The number of hydrogen-bond donors (Lipinski definition) is 1. The van der Waals surface area contributed by atoms with Gasteiger partial charge in [-0.25, -0.2) is 0 Å². The zero-order valence-corrected chi connectivity index (χ0v) is 12.4. The molecule has 1 aromatic heterocycles. The van der Waals surface area contributed by atoms with Crippen LogP contribution in [0.25, 0.3) is 0 Å². The van der Waals surface area contributed by atoms with E-state index in [1.165, 1.54) is 0 Å². The number of hydrogen-bond acceptors (Lipinski definition) is 3. The van der Waals surface area contributed by atoms with Gasteiger partial charge in [0.25, 0.3) is 0 Å². The van der Waals surface area contributed by atoms with Gasteiger partial charge in [0.1, 0.15) is 5.75 Å². The van der Waals surface area contributed by atoms with Crippen LogP contribution < -0.4 is 10.5 Å². The van der Waals surface area contributed by atoms with Crippen LogP contribution in [0.5, 0.6) is 5.75 Å². The van der Waals surface area contributed by atoms with Gasteiger partial charge in [-0.1, -0.05) is 25.1 Å². The molecule has 3 nitrogen and oxygen atoms in total. The monoisotopic (exact) mass is 320 g/mol. The Labute approximate surface area is 121 Å². The molecule has 0 aliphatic rings. The Hall–Kier alpha value is -1.39. The third kappa shape index (κ3) is 3.55. The lowest BCUT2D eigenvalue weighted by atomic mass is 10.0. The predicted molar refractivity (Wildman–Crippen MR) is 80.2 cm³/mol. The molecule has 1 atom stereocenters. The first-order chi connectivity index (χ1) is 9.22. The van der Waals surface area contributed by atoms with E-state index in [-0.39, 0.29) is 6.04 Å². The fraction of sp³-hybridized carbons (Fsp3) is 0.267. The van der Waals surface area contributed by atoms with Crippen molar-refractivity contribution < 1.29 is 4.74 Å². The fourth-order valence-corrected chi connectivity index (χ4v) is 2.24. The highest BCUT2D eigenvalue weighted by Crippen LogP contribution is 2.29. The highest BCUT2D eigenvalue weighted by atomic mass is 79.9. The van der Waals surface area contributed by atoms with Gasteiger partial charge in [0.05, 0.1) is 12.6 Å². The van der Waals surface area contributed by atoms with Crippen LogP contribution in [0.15, 0.2) is 47.2 Å². The van der Waals surface area contributed by atoms with Gasteiger partial charge < -0.3 is 10.5 Å². The summed E-state index contributed by atoms with van der Waals surface area (Å²) < 4.78 is 6.67. The normalized spacial score (nSPS) is 12.2. The summed E-state index contributed by atoms with van der Waals surface area (Å²) >= 11 is 3.41. The van der Waals surface area contributed by atoms with E-state index < -0.39 is 0 Å². The molecule has 2 aromatic rings. The first-order valence-corrected chi connectivity index (χ1v) is 7.09. The van der Waals surface area contributed by atoms with E-state index in [4.69, 9.17) is 10.5 Å². The summed E-state index contributed by atoms with van der Waals surface area (Å²) in [5, 5.41) is 0. The number of nitrogens with two attached hydrogens (primary N) is 1. The third-order valence-corrected chi connectivity index (χ3v) is 3.23. The molecule has 1 aromatic carbocycles. The second-order valence-corrected chi connectivity index (χ2v) is 5.22. The van der Waals surface area contributed by atoms with Crippen molar-refractivity contribution in [3.8, 4) is 5.75 Å². The van der Waals surface area contributed by atoms with Crippen molar-refractivity contribution in [2.24, 2.45) is 5.73 Å². The molecular formula is C15H17BrN2O. The van der Waals surface area contributed by atoms with E-state index in [1.54, 1.807) is 12.4 Å². The topological polar surface area (TPSA) is 48.1 Å². The zero-order valence-electron chi connectivity index (χ0n) is 10.8. The predicted octanol–water partition coefficient (Wildman–Crippen LogP) is 3.68. The maximum absolute atomic E-state index is 6.32. The molecule has 19 heavy (non-hydrogen) atoms. The molecular weight excluding hydrogens is 304 g/mol. The number of halogens is 1. The first kappa shape index (κ1) is 14.0. The molecule has 0 fully saturated rings. The minimum atomic E-state index is -0.238. The maximum Gasteiger partial charge on any atom is 0.124 e. The van der Waals surface area contributed by atoms with E-state index in [0.29, 0.717) is 6.61 Å². The second-order valence-electron chi connectivity index (χ2n) is 4.30. The number of benzene rings is 1. The van der Waals surface area contributed by atoms with Gasteiger partial charge in [-0.05, 0) is 40.0 Å². The fourth-order valence-electron chi connectivity index (χ4n) is 1.86. The van der Waals surface area contributed by atoms with Crippen molar-refractivity contribution in [1.82, 2.24) is 4.98 Å². The molecule has 2 rings (SSSR count). The van der Waals surface area contributed by atoms with Gasteiger partial charge in [0.2, 0.25) is 0 Å². The van der Waals surface area contributed by atoms with Gasteiger partial charge >= 0.3 is 0 Å². The molecule has 0 spiro atoms. The molecule has 0 saturated carbocycles. The Morgan fingerprint density at radius 1 is 1.32 bits per heavy atom. The molecule has 1 unspecified atom stereocenters. The molecule has 0 aliphatic carbocycles. The number of nitrogens with zero attached hydrogens (tertiary/aromatic N) is 1. The van der Waals surface area contributed by atoms with Crippen molar-refractivity contribution >= 4 is 15.9 Å². The molecule has 1 heterocycles. The molecule has 0 bridgehead atoms. The first-order valence-electron chi connectivity index (χ1n) is 6.30. The maximum atomic E-state index is 6.32. The van der Waals surface area contributed by atoms with Crippen molar-refractivity contribution in [1.29, 1.82) is 0 Å². The summed E-state index contributed by atoms with van der Waals surface area (Å²) in [6.45, 7) is 2.78. The van der Waals surface area contributed by atoms with Crippen LogP contribution in [0, 0.1) is 0 Å². The van der Waals surface area contributed by atoms with Gasteiger partial charge in [-0.15, -0.1) is 0 Å². The molecule has 0 amide bonds. The summed E-state index contributed by atoms with van der Waals surface area (Å²) in [5.74, 6) is 0.844. The Morgan fingerprint density at radius 3 is 2.84 bits per heavy atom. The van der Waals surface area contributed by atoms with E-state index in [1.807, 2.05) is 30.3 Å². The summed E-state index contributed by atoms with van der Waals surface area (Å²) in [6, 6.07) is 9.62. The van der Waals surface area contributed by atoms with E-state index in [0.717, 1.165) is 27.8 Å². The smallest absolute Gasteiger partial charge is 0.124 e. The van der Waals surface area contributed by atoms with E-state index in [2.05, 4.69) is 27.8 Å². The van der Waals surface area contributed by atoms with Crippen molar-refractivity contribution in [3.05, 3.63) is 58.3 Å². The average molecular weight is 321 g/mol. The Kier molecular flexibility index (Phi) is 4.93. The lowest BCUT2D eigenvalue weighted by Gasteiger charge is -2.17. The lowest BCUT2D eigenvalue weighted by molar-refractivity contribution is 0.313. The highest BCUT2D eigenvalue weighted by Gasteiger charge is 2.14. The van der Waals surface area contributed by atoms with Gasteiger partial charge in [-0.2, -0.15) is 0 Å². The van der Waals surface area contributed by atoms with Crippen molar-refractivity contribution in [3.63, 3.8) is 0 Å². The van der Waals surface area contributed by atoms with E-state index >= 15 is 0 Å². The average Bonchev–Trinajstić information content (AvgIpc) is 2.44. The van der Waals surface area contributed by atoms with Crippen LogP contribution in [-0.2, 0) is 0 Å². The molecule has 0 saturated heterocycles. The van der Waals surface area contributed by atoms with Crippen molar-refractivity contribution in [2.45, 2.75) is 19.4 Å². The molecule has 2 N–H and O–H groups in total. The minimum absolute atomic E-state index is 0.238. The van der Waals surface area contributed by atoms with Crippen LogP contribution in [0.3, 0.4) is 0 Å². The third-order valence-electron chi connectivity index (χ3n) is 2.80. The number of rotatable bonds is 5. The standard InChI is InChI=1S/C15H17BrN2O/c1-2-7-19-14-6-4-3-5-13(14)15(17)11-8-12(16)10-18-9-11/h3-6,8-10,15H,2,7,17H2,1H3. The van der Waals surface area contributed by atoms with E-state index in [9.17, 15) is 0 Å². The SMILES string of the molecule is CCCOc1ccccc1C(N)c1cncc(Br)c1. The molecule has 100 valence electrons. The number of aromatic nitrogens is 1. The number of para-hydroxylation sites is 1. The van der Waals surface area contributed by atoms with Crippen LogP contribution in [0.4, 0.5) is 0 Å². The Bertz CT molecular complexity index is 545. The van der Waals surface area contributed by atoms with Gasteiger partial charge in [-0.3, -0.25) is 4.98 Å². The van der Waals surface area contributed by atoms with Crippen molar-refractivity contribution in [2.75, 3.05) is 6.61 Å². The summed E-state index contributed by atoms with van der Waals surface area (Å²) in [7, 11) is 0. The summed E-state index contributed by atoms with van der Waals surface area (Å²) in [4.78, 5) is 4.15. The van der Waals surface area contributed by atoms with Crippen LogP contribution in [-0.4, -0.2) is 11.6 Å². The van der Waals surface area contributed by atoms with Crippen LogP contribution >= 0.6 is 15.9 Å². The Balaban J connectivity index is 2.30. The van der Waals surface area contributed by atoms with Crippen LogP contribution in [0.2, 0.25) is 0 Å². The minimum Gasteiger partial charge on any atom is -0.493 e. The largest absolute Gasteiger partial charge is 0.493 e. The van der Waals surface area contributed by atoms with Crippen LogP contribution in [0.1, 0.15) is 30.5 Å². The summed E-state index contributed by atoms with van der Waals surface area (Å²) in [5.41, 5.74) is 8.26. The zero-order chi connectivity index (χ0) is 13.7. The number of ether oxygens (including phenoxy) is 1. The highest BCUT2D eigenvalue weighted by molar-refractivity contribution is 9.10. The number of pyridine rings is 1. The Morgan fingerprint density at radius 2 is 2.11 bits per heavy atom.